The van der Waals surface area contributed by atoms with Crippen LogP contribution in [0.5, 0.6) is 5.75 Å². The van der Waals surface area contributed by atoms with E-state index >= 15 is 0 Å². The van der Waals surface area contributed by atoms with E-state index in [0.29, 0.717) is 12.1 Å². The van der Waals surface area contributed by atoms with Crippen LogP contribution in [0.25, 0.3) is 0 Å². The van der Waals surface area contributed by atoms with Crippen LogP contribution in [0.3, 0.4) is 0 Å². The Morgan fingerprint density at radius 1 is 1.04 bits per heavy atom. The SMILES string of the molecule is COc1ccc(NC(=O)c2c(C)nn(Cc3ccc(C)cc3)c2C)cc1. The van der Waals surface area contributed by atoms with E-state index in [-0.39, 0.29) is 5.91 Å². The van der Waals surface area contributed by atoms with E-state index in [2.05, 4.69) is 41.6 Å². The molecule has 1 heterocycles. The summed E-state index contributed by atoms with van der Waals surface area (Å²) < 4.78 is 7.02. The lowest BCUT2D eigenvalue weighted by atomic mass is 10.1. The Hall–Kier alpha value is -3.08. The average Bonchev–Trinajstić information content (AvgIpc) is 2.91. The third-order valence-electron chi connectivity index (χ3n) is 4.41. The molecule has 0 fully saturated rings. The second-order valence-corrected chi connectivity index (χ2v) is 6.37. The summed E-state index contributed by atoms with van der Waals surface area (Å²) in [6.07, 6.45) is 0. The number of nitrogens with zero attached hydrogens (tertiary/aromatic N) is 2. The van der Waals surface area contributed by atoms with Gasteiger partial charge in [-0.1, -0.05) is 29.8 Å². The quantitative estimate of drug-likeness (QED) is 0.754. The lowest BCUT2D eigenvalue weighted by Crippen LogP contribution is -2.14. The van der Waals surface area contributed by atoms with E-state index in [9.17, 15) is 4.79 Å². The maximum absolute atomic E-state index is 12.7. The van der Waals surface area contributed by atoms with Gasteiger partial charge in [0.25, 0.3) is 5.91 Å². The summed E-state index contributed by atoms with van der Waals surface area (Å²) in [4.78, 5) is 12.7. The van der Waals surface area contributed by atoms with Crippen LogP contribution in [-0.2, 0) is 6.54 Å². The fourth-order valence-corrected chi connectivity index (χ4v) is 2.91. The van der Waals surface area contributed by atoms with Crippen molar-refractivity contribution < 1.29 is 9.53 Å². The first-order valence-corrected chi connectivity index (χ1v) is 8.53. The minimum atomic E-state index is -0.152. The average molecular weight is 349 g/mol. The van der Waals surface area contributed by atoms with Crippen LogP contribution in [0.1, 0.15) is 32.9 Å². The summed E-state index contributed by atoms with van der Waals surface area (Å²) >= 11 is 0. The number of carbonyl (C=O) groups excluding carboxylic acids is 1. The molecular weight excluding hydrogens is 326 g/mol. The Morgan fingerprint density at radius 2 is 1.69 bits per heavy atom. The monoisotopic (exact) mass is 349 g/mol. The highest BCUT2D eigenvalue weighted by Crippen LogP contribution is 2.19. The highest BCUT2D eigenvalue weighted by molar-refractivity contribution is 6.05. The van der Waals surface area contributed by atoms with Crippen molar-refractivity contribution in [1.29, 1.82) is 0 Å². The number of aryl methyl sites for hydroxylation is 2. The zero-order chi connectivity index (χ0) is 18.7. The fraction of sp³-hybridized carbons (Fsp3) is 0.238. The number of anilines is 1. The van der Waals surface area contributed by atoms with Gasteiger partial charge >= 0.3 is 0 Å². The van der Waals surface area contributed by atoms with E-state index < -0.39 is 0 Å². The molecule has 5 nitrogen and oxygen atoms in total. The summed E-state index contributed by atoms with van der Waals surface area (Å²) in [5.74, 6) is 0.599. The Bertz CT molecular complexity index is 910. The molecule has 1 amide bonds. The van der Waals surface area contributed by atoms with Crippen molar-refractivity contribution in [1.82, 2.24) is 9.78 Å². The van der Waals surface area contributed by atoms with Crippen molar-refractivity contribution in [3.8, 4) is 5.75 Å². The Labute approximate surface area is 153 Å². The summed E-state index contributed by atoms with van der Waals surface area (Å²) in [5, 5.41) is 7.48. The van der Waals surface area contributed by atoms with Crippen molar-refractivity contribution in [3.63, 3.8) is 0 Å². The van der Waals surface area contributed by atoms with Gasteiger partial charge in [0.1, 0.15) is 5.75 Å². The maximum Gasteiger partial charge on any atom is 0.259 e. The van der Waals surface area contributed by atoms with Crippen molar-refractivity contribution in [3.05, 3.63) is 76.6 Å². The molecule has 0 spiro atoms. The minimum Gasteiger partial charge on any atom is -0.497 e. The van der Waals surface area contributed by atoms with Gasteiger partial charge in [0.05, 0.1) is 24.9 Å². The molecule has 2 aromatic carbocycles. The number of carbonyl (C=O) groups is 1. The molecule has 3 rings (SSSR count). The van der Waals surface area contributed by atoms with Gasteiger partial charge in [0, 0.05) is 11.4 Å². The van der Waals surface area contributed by atoms with Crippen LogP contribution in [0.15, 0.2) is 48.5 Å². The molecule has 0 saturated carbocycles. The molecule has 1 N–H and O–H groups in total. The number of methoxy groups -OCH3 is 1. The Balaban J connectivity index is 1.79. The van der Waals surface area contributed by atoms with Gasteiger partial charge in [-0.05, 0) is 50.6 Å². The van der Waals surface area contributed by atoms with Gasteiger partial charge in [-0.2, -0.15) is 5.10 Å². The number of ether oxygens (including phenoxy) is 1. The predicted molar refractivity (Wildman–Crippen MR) is 103 cm³/mol. The number of aromatic nitrogens is 2. The summed E-state index contributed by atoms with van der Waals surface area (Å²) in [7, 11) is 1.61. The van der Waals surface area contributed by atoms with Crippen molar-refractivity contribution >= 4 is 11.6 Å². The van der Waals surface area contributed by atoms with Crippen LogP contribution in [0.2, 0.25) is 0 Å². The molecule has 0 aliphatic carbocycles. The third-order valence-corrected chi connectivity index (χ3v) is 4.41. The van der Waals surface area contributed by atoms with Gasteiger partial charge in [0.15, 0.2) is 0 Å². The van der Waals surface area contributed by atoms with E-state index in [1.54, 1.807) is 7.11 Å². The molecule has 5 heteroatoms. The molecule has 0 unspecified atom stereocenters. The first-order chi connectivity index (χ1) is 12.5. The zero-order valence-electron chi connectivity index (χ0n) is 15.5. The third kappa shape index (κ3) is 3.77. The van der Waals surface area contributed by atoms with Crippen LogP contribution < -0.4 is 10.1 Å². The summed E-state index contributed by atoms with van der Waals surface area (Å²) in [6, 6.07) is 15.6. The van der Waals surface area contributed by atoms with E-state index in [1.807, 2.05) is 42.8 Å². The Morgan fingerprint density at radius 3 is 2.31 bits per heavy atom. The largest absolute Gasteiger partial charge is 0.497 e. The second-order valence-electron chi connectivity index (χ2n) is 6.37. The second kappa shape index (κ2) is 7.44. The fourth-order valence-electron chi connectivity index (χ4n) is 2.91. The standard InChI is InChI=1S/C21H23N3O2/c1-14-5-7-17(8-6-14)13-24-16(3)20(15(2)23-24)21(25)22-18-9-11-19(26-4)12-10-18/h5-12H,13H2,1-4H3,(H,22,25). The van der Waals surface area contributed by atoms with E-state index in [0.717, 1.165) is 28.4 Å². The van der Waals surface area contributed by atoms with Gasteiger partial charge in [-0.15, -0.1) is 0 Å². The van der Waals surface area contributed by atoms with Crippen LogP contribution in [-0.4, -0.2) is 22.8 Å². The zero-order valence-corrected chi connectivity index (χ0v) is 15.5. The molecule has 0 aliphatic rings. The predicted octanol–water partition coefficient (Wildman–Crippen LogP) is 4.12. The molecule has 26 heavy (non-hydrogen) atoms. The number of rotatable bonds is 5. The molecular formula is C21H23N3O2. The topological polar surface area (TPSA) is 56.1 Å². The lowest BCUT2D eigenvalue weighted by Gasteiger charge is -2.08. The highest BCUT2D eigenvalue weighted by atomic mass is 16.5. The molecule has 0 bridgehead atoms. The number of amides is 1. The molecule has 0 radical (unpaired) electrons. The van der Waals surface area contributed by atoms with Crippen molar-refractivity contribution in [2.75, 3.05) is 12.4 Å². The van der Waals surface area contributed by atoms with Crippen LogP contribution >= 0.6 is 0 Å². The number of hydrogen-bond donors (Lipinski definition) is 1. The van der Waals surface area contributed by atoms with Gasteiger partial charge in [0.2, 0.25) is 0 Å². The van der Waals surface area contributed by atoms with Crippen LogP contribution in [0, 0.1) is 20.8 Å². The first kappa shape index (κ1) is 17.7. The minimum absolute atomic E-state index is 0.152. The molecule has 1 aromatic heterocycles. The van der Waals surface area contributed by atoms with Gasteiger partial charge < -0.3 is 10.1 Å². The van der Waals surface area contributed by atoms with Crippen molar-refractivity contribution in [2.24, 2.45) is 0 Å². The van der Waals surface area contributed by atoms with Gasteiger partial charge in [-0.25, -0.2) is 0 Å². The molecule has 3 aromatic rings. The van der Waals surface area contributed by atoms with Crippen molar-refractivity contribution in [2.45, 2.75) is 27.3 Å². The number of hydrogen-bond acceptors (Lipinski definition) is 3. The van der Waals surface area contributed by atoms with Gasteiger partial charge in [-0.3, -0.25) is 9.48 Å². The normalized spacial score (nSPS) is 10.6. The molecule has 134 valence electrons. The summed E-state index contributed by atoms with van der Waals surface area (Å²) in [5.41, 5.74) is 5.30. The Kier molecular flexibility index (Phi) is 5.07. The van der Waals surface area contributed by atoms with E-state index in [1.165, 1.54) is 5.56 Å². The summed E-state index contributed by atoms with van der Waals surface area (Å²) in [6.45, 7) is 6.50. The smallest absolute Gasteiger partial charge is 0.259 e. The number of benzene rings is 2. The molecule has 0 atom stereocenters. The lowest BCUT2D eigenvalue weighted by molar-refractivity contribution is 0.102. The molecule has 0 aliphatic heterocycles. The molecule has 0 saturated heterocycles. The van der Waals surface area contributed by atoms with E-state index in [4.69, 9.17) is 4.74 Å². The number of nitrogens with one attached hydrogen (secondary N) is 1. The first-order valence-electron chi connectivity index (χ1n) is 8.53. The maximum atomic E-state index is 12.7. The highest BCUT2D eigenvalue weighted by Gasteiger charge is 2.19. The van der Waals surface area contributed by atoms with Crippen LogP contribution in [0.4, 0.5) is 5.69 Å².